The first kappa shape index (κ1) is 16.1. The lowest BCUT2D eigenvalue weighted by Crippen LogP contribution is -2.15. The standard InChI is InChI=1S/C13H11BrClFN2O2S/c1-7-2-3-9(16)6-11(7)18-21(19,20)12-5-8(15)4-10(17)13(12)14/h2-6,18H,17H2,1H3. The Balaban J connectivity index is 2.51. The topological polar surface area (TPSA) is 72.2 Å². The van der Waals surface area contributed by atoms with Crippen molar-refractivity contribution in [3.8, 4) is 0 Å². The summed E-state index contributed by atoms with van der Waals surface area (Å²) in [6.07, 6.45) is 0. The fraction of sp³-hybridized carbons (Fsp3) is 0.0769. The fourth-order valence-electron chi connectivity index (χ4n) is 1.68. The van der Waals surface area contributed by atoms with Gasteiger partial charge in [0.1, 0.15) is 10.7 Å². The number of nitrogens with one attached hydrogen (secondary N) is 1. The molecule has 2 aromatic rings. The highest BCUT2D eigenvalue weighted by atomic mass is 79.9. The predicted octanol–water partition coefficient (Wildman–Crippen LogP) is 3.93. The highest BCUT2D eigenvalue weighted by Crippen LogP contribution is 2.33. The van der Waals surface area contributed by atoms with Gasteiger partial charge in [-0.2, -0.15) is 0 Å². The van der Waals surface area contributed by atoms with E-state index >= 15 is 0 Å². The molecule has 0 aliphatic rings. The van der Waals surface area contributed by atoms with E-state index in [1.807, 2.05) is 0 Å². The maximum absolute atomic E-state index is 13.2. The predicted molar refractivity (Wildman–Crippen MR) is 85.5 cm³/mol. The van der Waals surface area contributed by atoms with E-state index in [2.05, 4.69) is 20.7 Å². The van der Waals surface area contributed by atoms with Gasteiger partial charge < -0.3 is 5.73 Å². The monoisotopic (exact) mass is 392 g/mol. The number of aryl methyl sites for hydroxylation is 1. The molecule has 0 aromatic heterocycles. The Morgan fingerprint density at radius 3 is 2.62 bits per heavy atom. The highest BCUT2D eigenvalue weighted by molar-refractivity contribution is 9.10. The quantitative estimate of drug-likeness (QED) is 0.776. The van der Waals surface area contributed by atoms with E-state index in [0.29, 0.717) is 5.56 Å². The molecule has 4 nitrogen and oxygen atoms in total. The Morgan fingerprint density at radius 1 is 1.29 bits per heavy atom. The van der Waals surface area contributed by atoms with Gasteiger partial charge in [0.15, 0.2) is 0 Å². The van der Waals surface area contributed by atoms with E-state index in [4.69, 9.17) is 17.3 Å². The summed E-state index contributed by atoms with van der Waals surface area (Å²) < 4.78 is 40.6. The maximum atomic E-state index is 13.2. The van der Waals surface area contributed by atoms with Gasteiger partial charge >= 0.3 is 0 Å². The SMILES string of the molecule is Cc1ccc(F)cc1NS(=O)(=O)c1cc(Cl)cc(N)c1Br. The van der Waals surface area contributed by atoms with Crippen molar-refractivity contribution in [1.82, 2.24) is 0 Å². The molecule has 0 radical (unpaired) electrons. The van der Waals surface area contributed by atoms with Gasteiger partial charge in [-0.1, -0.05) is 17.7 Å². The number of halogens is 3. The molecule has 0 spiro atoms. The lowest BCUT2D eigenvalue weighted by Gasteiger charge is -2.13. The zero-order chi connectivity index (χ0) is 15.8. The molecule has 0 saturated heterocycles. The van der Waals surface area contributed by atoms with Gasteiger partial charge in [0.05, 0.1) is 10.2 Å². The first-order chi connectivity index (χ1) is 9.70. The van der Waals surface area contributed by atoms with Crippen LogP contribution in [-0.4, -0.2) is 8.42 Å². The number of anilines is 2. The first-order valence-electron chi connectivity index (χ1n) is 5.74. The summed E-state index contributed by atoms with van der Waals surface area (Å²) >= 11 is 8.95. The van der Waals surface area contributed by atoms with Crippen molar-refractivity contribution >= 4 is 48.9 Å². The van der Waals surface area contributed by atoms with E-state index < -0.39 is 15.8 Å². The first-order valence-corrected chi connectivity index (χ1v) is 8.39. The summed E-state index contributed by atoms with van der Waals surface area (Å²) in [7, 11) is -3.96. The minimum absolute atomic E-state index is 0.115. The van der Waals surface area contributed by atoms with Crippen LogP contribution in [0.4, 0.5) is 15.8 Å². The van der Waals surface area contributed by atoms with Crippen LogP contribution in [0.25, 0.3) is 0 Å². The third-order valence-electron chi connectivity index (χ3n) is 2.77. The van der Waals surface area contributed by atoms with Crippen LogP contribution in [0.2, 0.25) is 5.02 Å². The molecule has 112 valence electrons. The van der Waals surface area contributed by atoms with Crippen LogP contribution in [-0.2, 0) is 10.0 Å². The number of hydrogen-bond acceptors (Lipinski definition) is 3. The molecule has 0 aliphatic carbocycles. The lowest BCUT2D eigenvalue weighted by molar-refractivity contribution is 0.600. The Kier molecular flexibility index (Phi) is 4.46. The smallest absolute Gasteiger partial charge is 0.263 e. The summed E-state index contributed by atoms with van der Waals surface area (Å²) in [5.74, 6) is -0.539. The van der Waals surface area contributed by atoms with Gasteiger partial charge in [0, 0.05) is 10.7 Å². The average molecular weight is 394 g/mol. The van der Waals surface area contributed by atoms with E-state index in [1.165, 1.54) is 24.3 Å². The van der Waals surface area contributed by atoms with Gasteiger partial charge in [-0.15, -0.1) is 0 Å². The number of sulfonamides is 1. The number of benzene rings is 2. The molecule has 3 N–H and O–H groups in total. The number of nitrogen functional groups attached to an aromatic ring is 1. The van der Waals surface area contributed by atoms with Crippen LogP contribution in [0.15, 0.2) is 39.7 Å². The van der Waals surface area contributed by atoms with Crippen molar-refractivity contribution in [3.05, 3.63) is 51.2 Å². The van der Waals surface area contributed by atoms with Gasteiger partial charge in [0.25, 0.3) is 10.0 Å². The molecule has 21 heavy (non-hydrogen) atoms. The summed E-state index contributed by atoms with van der Waals surface area (Å²) in [4.78, 5) is -0.115. The molecule has 0 heterocycles. The van der Waals surface area contributed by atoms with Crippen molar-refractivity contribution in [3.63, 3.8) is 0 Å². The van der Waals surface area contributed by atoms with Gasteiger partial charge in [-0.05, 0) is 52.7 Å². The molecule has 2 rings (SSSR count). The Bertz CT molecular complexity index is 812. The van der Waals surface area contributed by atoms with Crippen molar-refractivity contribution in [2.24, 2.45) is 0 Å². The number of rotatable bonds is 3. The Labute approximate surface area is 135 Å². The molecule has 8 heteroatoms. The Morgan fingerprint density at radius 2 is 1.95 bits per heavy atom. The molecule has 0 aliphatic heterocycles. The molecule has 0 unspecified atom stereocenters. The van der Waals surface area contributed by atoms with Gasteiger partial charge in [-0.25, -0.2) is 12.8 Å². The zero-order valence-electron chi connectivity index (χ0n) is 10.8. The van der Waals surface area contributed by atoms with Crippen LogP contribution in [0.3, 0.4) is 0 Å². The van der Waals surface area contributed by atoms with Crippen molar-refractivity contribution in [2.75, 3.05) is 10.5 Å². The van der Waals surface area contributed by atoms with Crippen LogP contribution < -0.4 is 10.5 Å². The summed E-state index contributed by atoms with van der Waals surface area (Å²) in [5.41, 5.74) is 6.62. The normalized spacial score (nSPS) is 11.4. The van der Waals surface area contributed by atoms with Gasteiger partial charge in [0.2, 0.25) is 0 Å². The van der Waals surface area contributed by atoms with Crippen LogP contribution >= 0.6 is 27.5 Å². The van der Waals surface area contributed by atoms with Crippen LogP contribution in [0.1, 0.15) is 5.56 Å². The fourth-order valence-corrected chi connectivity index (χ4v) is 4.10. The van der Waals surface area contributed by atoms with E-state index in [0.717, 1.165) is 6.07 Å². The molecular formula is C13H11BrClFN2O2S. The second kappa shape index (κ2) is 5.82. The second-order valence-electron chi connectivity index (χ2n) is 4.37. The van der Waals surface area contributed by atoms with Crippen LogP contribution in [0, 0.1) is 12.7 Å². The lowest BCUT2D eigenvalue weighted by atomic mass is 10.2. The summed E-state index contributed by atoms with van der Waals surface area (Å²) in [5, 5.41) is 0.187. The maximum Gasteiger partial charge on any atom is 0.263 e. The molecule has 0 amide bonds. The summed E-state index contributed by atoms with van der Waals surface area (Å²) in [6.45, 7) is 1.67. The van der Waals surface area contributed by atoms with Crippen molar-refractivity contribution < 1.29 is 12.8 Å². The van der Waals surface area contributed by atoms with Crippen molar-refractivity contribution in [2.45, 2.75) is 11.8 Å². The average Bonchev–Trinajstić information content (AvgIpc) is 2.37. The van der Waals surface area contributed by atoms with E-state index in [-0.39, 0.29) is 25.8 Å². The highest BCUT2D eigenvalue weighted by Gasteiger charge is 2.21. The molecular weight excluding hydrogens is 383 g/mol. The molecule has 2 aromatic carbocycles. The number of hydrogen-bond donors (Lipinski definition) is 2. The largest absolute Gasteiger partial charge is 0.398 e. The van der Waals surface area contributed by atoms with Crippen LogP contribution in [0.5, 0.6) is 0 Å². The molecule has 0 bridgehead atoms. The zero-order valence-corrected chi connectivity index (χ0v) is 14.0. The van der Waals surface area contributed by atoms with Gasteiger partial charge in [-0.3, -0.25) is 4.72 Å². The third-order valence-corrected chi connectivity index (χ3v) is 5.52. The minimum Gasteiger partial charge on any atom is -0.398 e. The second-order valence-corrected chi connectivity index (χ2v) is 7.25. The Hall–Kier alpha value is -1.31. The molecule has 0 atom stereocenters. The molecule has 0 saturated carbocycles. The minimum atomic E-state index is -3.96. The third kappa shape index (κ3) is 3.48. The van der Waals surface area contributed by atoms with Crippen molar-refractivity contribution in [1.29, 1.82) is 0 Å². The van der Waals surface area contributed by atoms with E-state index in [1.54, 1.807) is 6.92 Å². The van der Waals surface area contributed by atoms with E-state index in [9.17, 15) is 12.8 Å². The summed E-state index contributed by atoms with van der Waals surface area (Å²) in [6, 6.07) is 6.53. The molecule has 0 fully saturated rings. The number of nitrogens with two attached hydrogens (primary N) is 1.